The van der Waals surface area contributed by atoms with Crippen LogP contribution >= 0.6 is 0 Å². The van der Waals surface area contributed by atoms with Gasteiger partial charge in [-0.05, 0) is 103 Å². The molecule has 1 aliphatic carbocycles. The van der Waals surface area contributed by atoms with E-state index in [0.717, 1.165) is 35.7 Å². The summed E-state index contributed by atoms with van der Waals surface area (Å²) in [5.41, 5.74) is 11.7. The van der Waals surface area contributed by atoms with Crippen LogP contribution in [0.3, 0.4) is 0 Å². The van der Waals surface area contributed by atoms with Gasteiger partial charge in [0, 0.05) is 34.2 Å². The summed E-state index contributed by atoms with van der Waals surface area (Å²) in [6, 6.07) is 13.2. The molecule has 1 fully saturated rings. The maximum atomic E-state index is 5.12. The number of aliphatic imine (C=N–C) groups is 2. The molecular formula is C32H44N4. The predicted octanol–water partition coefficient (Wildman–Crippen LogP) is 8.48. The lowest BCUT2D eigenvalue weighted by Crippen LogP contribution is -2.28. The van der Waals surface area contributed by atoms with Gasteiger partial charge in [0.1, 0.15) is 0 Å². The van der Waals surface area contributed by atoms with E-state index in [2.05, 4.69) is 115 Å². The fourth-order valence-corrected chi connectivity index (χ4v) is 5.11. The molecule has 36 heavy (non-hydrogen) atoms. The summed E-state index contributed by atoms with van der Waals surface area (Å²) in [5, 5.41) is 7.15. The minimum absolute atomic E-state index is 0.234. The highest BCUT2D eigenvalue weighted by Gasteiger charge is 2.24. The van der Waals surface area contributed by atoms with Crippen LogP contribution in [0, 0.1) is 27.7 Å². The number of aryl methyl sites for hydroxylation is 4. The third-order valence-electron chi connectivity index (χ3n) is 6.89. The highest BCUT2D eigenvalue weighted by molar-refractivity contribution is 5.95. The monoisotopic (exact) mass is 484 g/mol. The van der Waals surface area contributed by atoms with Crippen molar-refractivity contribution in [1.82, 2.24) is 0 Å². The molecule has 4 heteroatoms. The zero-order valence-corrected chi connectivity index (χ0v) is 23.5. The molecule has 0 bridgehead atoms. The van der Waals surface area contributed by atoms with Gasteiger partial charge in [0.15, 0.2) is 0 Å². The van der Waals surface area contributed by atoms with E-state index in [1.165, 1.54) is 46.5 Å². The number of nitrogens with one attached hydrogen (secondary N) is 2. The van der Waals surface area contributed by atoms with Crippen molar-refractivity contribution in [2.24, 2.45) is 9.98 Å². The van der Waals surface area contributed by atoms with Gasteiger partial charge in [-0.15, -0.1) is 0 Å². The maximum absolute atomic E-state index is 5.12. The van der Waals surface area contributed by atoms with Crippen LogP contribution in [0.5, 0.6) is 0 Å². The molecule has 1 aliphatic rings. The van der Waals surface area contributed by atoms with Crippen LogP contribution in [0.25, 0.3) is 0 Å². The Hall–Kier alpha value is -3.14. The van der Waals surface area contributed by atoms with Gasteiger partial charge in [0.2, 0.25) is 0 Å². The molecule has 4 nitrogen and oxygen atoms in total. The average Bonchev–Trinajstić information content (AvgIpc) is 2.80. The van der Waals surface area contributed by atoms with E-state index < -0.39 is 0 Å². The van der Waals surface area contributed by atoms with Crippen molar-refractivity contribution in [1.29, 1.82) is 0 Å². The van der Waals surface area contributed by atoms with Crippen LogP contribution in [0.2, 0.25) is 0 Å². The Morgan fingerprint density at radius 1 is 0.639 bits per heavy atom. The zero-order chi connectivity index (χ0) is 26.2. The first kappa shape index (κ1) is 27.4. The molecule has 1 saturated carbocycles. The summed E-state index contributed by atoms with van der Waals surface area (Å²) in [5.74, 6) is 0. The first-order valence-corrected chi connectivity index (χ1v) is 13.3. The second kappa shape index (κ2) is 12.7. The van der Waals surface area contributed by atoms with Gasteiger partial charge >= 0.3 is 0 Å². The Balaban J connectivity index is 1.72. The Morgan fingerprint density at radius 2 is 0.972 bits per heavy atom. The van der Waals surface area contributed by atoms with E-state index in [9.17, 15) is 0 Å². The number of allylic oxidation sites excluding steroid dienone is 4. The van der Waals surface area contributed by atoms with Crippen LogP contribution in [-0.2, 0) is 0 Å². The fraction of sp³-hybridized carbons (Fsp3) is 0.438. The van der Waals surface area contributed by atoms with Crippen molar-refractivity contribution in [2.75, 3.05) is 10.6 Å². The van der Waals surface area contributed by atoms with Crippen LogP contribution in [0.15, 0.2) is 69.9 Å². The molecule has 3 rings (SSSR count). The molecule has 0 amide bonds. The van der Waals surface area contributed by atoms with Crippen LogP contribution in [0.1, 0.15) is 75.6 Å². The first-order valence-electron chi connectivity index (χ1n) is 13.3. The molecule has 2 atom stereocenters. The number of rotatable bonds is 8. The normalized spacial score (nSPS) is 19.9. The zero-order valence-electron chi connectivity index (χ0n) is 23.5. The number of benzene rings is 2. The molecule has 0 spiro atoms. The van der Waals surface area contributed by atoms with E-state index in [1.54, 1.807) is 0 Å². The lowest BCUT2D eigenvalue weighted by atomic mass is 9.91. The minimum atomic E-state index is 0.234. The predicted molar refractivity (Wildman–Crippen MR) is 159 cm³/mol. The lowest BCUT2D eigenvalue weighted by Gasteiger charge is -2.26. The number of hydrogen-bond donors (Lipinski definition) is 2. The van der Waals surface area contributed by atoms with Crippen molar-refractivity contribution in [2.45, 2.75) is 93.2 Å². The largest absolute Gasteiger partial charge is 0.359 e. The number of nitrogens with zero attached hydrogens (tertiary/aromatic N) is 2. The molecule has 0 aromatic heterocycles. The molecule has 2 aromatic rings. The van der Waals surface area contributed by atoms with Crippen LogP contribution in [0.4, 0.5) is 11.4 Å². The Morgan fingerprint density at radius 3 is 1.31 bits per heavy atom. The van der Waals surface area contributed by atoms with E-state index >= 15 is 0 Å². The van der Waals surface area contributed by atoms with Crippen molar-refractivity contribution in [3.05, 3.63) is 82.2 Å². The Labute approximate surface area is 218 Å². The van der Waals surface area contributed by atoms with Gasteiger partial charge in [-0.3, -0.25) is 9.98 Å². The van der Waals surface area contributed by atoms with E-state index in [0.29, 0.717) is 0 Å². The summed E-state index contributed by atoms with van der Waals surface area (Å²) >= 11 is 0. The molecular weight excluding hydrogens is 440 g/mol. The second-order valence-electron chi connectivity index (χ2n) is 10.4. The topological polar surface area (TPSA) is 48.8 Å². The van der Waals surface area contributed by atoms with Crippen molar-refractivity contribution in [3.63, 3.8) is 0 Å². The number of para-hydroxylation sites is 2. The molecule has 2 aromatic carbocycles. The molecule has 2 N–H and O–H groups in total. The van der Waals surface area contributed by atoms with Crippen molar-refractivity contribution >= 4 is 22.8 Å². The van der Waals surface area contributed by atoms with Crippen LogP contribution in [-0.4, -0.2) is 23.5 Å². The van der Waals surface area contributed by atoms with E-state index in [4.69, 9.17) is 9.98 Å². The van der Waals surface area contributed by atoms with Gasteiger partial charge < -0.3 is 10.6 Å². The van der Waals surface area contributed by atoms with Gasteiger partial charge in [0.05, 0.1) is 12.1 Å². The Bertz CT molecular complexity index is 1050. The summed E-state index contributed by atoms with van der Waals surface area (Å²) in [6.45, 7) is 17.0. The average molecular weight is 485 g/mol. The van der Waals surface area contributed by atoms with Crippen molar-refractivity contribution < 1.29 is 0 Å². The summed E-state index contributed by atoms with van der Waals surface area (Å²) < 4.78 is 0. The molecule has 192 valence electrons. The lowest BCUT2D eigenvalue weighted by molar-refractivity contribution is 0.388. The van der Waals surface area contributed by atoms with Crippen LogP contribution < -0.4 is 10.6 Å². The first-order chi connectivity index (χ1) is 17.1. The van der Waals surface area contributed by atoms with E-state index in [1.807, 2.05) is 0 Å². The SMILES string of the molecule is CC(/C=C(\C)Nc1c(C)cccc1C)=NC1CCCCC1N=C(C)/C=C(\C)Nc1c(C)cccc1C. The minimum Gasteiger partial charge on any atom is -0.359 e. The summed E-state index contributed by atoms with van der Waals surface area (Å²) in [7, 11) is 0. The van der Waals surface area contributed by atoms with Gasteiger partial charge in [-0.2, -0.15) is 0 Å². The molecule has 2 unspecified atom stereocenters. The molecule has 0 aliphatic heterocycles. The molecule has 0 saturated heterocycles. The third kappa shape index (κ3) is 7.68. The summed E-state index contributed by atoms with van der Waals surface area (Å²) in [6.07, 6.45) is 8.95. The summed E-state index contributed by atoms with van der Waals surface area (Å²) in [4.78, 5) is 10.2. The number of hydrogen-bond acceptors (Lipinski definition) is 4. The highest BCUT2D eigenvalue weighted by atomic mass is 14.9. The van der Waals surface area contributed by atoms with E-state index in [-0.39, 0.29) is 12.1 Å². The molecule has 0 heterocycles. The Kier molecular flexibility index (Phi) is 9.69. The smallest absolute Gasteiger partial charge is 0.0726 e. The van der Waals surface area contributed by atoms with Crippen molar-refractivity contribution in [3.8, 4) is 0 Å². The van der Waals surface area contributed by atoms with Gasteiger partial charge in [-0.1, -0.05) is 49.2 Å². The molecule has 0 radical (unpaired) electrons. The fourth-order valence-electron chi connectivity index (χ4n) is 5.11. The maximum Gasteiger partial charge on any atom is 0.0726 e. The standard InChI is InChI=1S/C32H44N4/c1-21-13-11-14-22(2)31(21)35-27(7)19-25(5)33-29-17-9-10-18-30(29)34-26(6)20-28(8)36-32-23(3)15-12-16-24(32)4/h11-16,19-20,29-30,35-36H,9-10,17-18H2,1-8H3/b27-19+,28-20+,33-25?,34-26?. The second-order valence-corrected chi connectivity index (χ2v) is 10.4. The van der Waals surface area contributed by atoms with Gasteiger partial charge in [0.25, 0.3) is 0 Å². The third-order valence-corrected chi connectivity index (χ3v) is 6.89. The quantitative estimate of drug-likeness (QED) is 0.369. The van der Waals surface area contributed by atoms with Gasteiger partial charge in [-0.25, -0.2) is 0 Å². The highest BCUT2D eigenvalue weighted by Crippen LogP contribution is 2.26. The number of anilines is 2.